The maximum absolute atomic E-state index is 13.7. The Morgan fingerprint density at radius 1 is 1.18 bits per heavy atom. The van der Waals surface area contributed by atoms with Gasteiger partial charge in [0.15, 0.2) is 11.5 Å². The Labute approximate surface area is 251 Å². The third kappa shape index (κ3) is 6.40. The van der Waals surface area contributed by atoms with Gasteiger partial charge in [-0.25, -0.2) is 13.8 Å². The lowest BCUT2D eigenvalue weighted by atomic mass is 9.99. The second-order valence-electron chi connectivity index (χ2n) is 10.9. The van der Waals surface area contributed by atoms with Crippen molar-refractivity contribution in [2.45, 2.75) is 68.4 Å². The molecule has 2 saturated heterocycles. The summed E-state index contributed by atoms with van der Waals surface area (Å²) in [6.45, 7) is -0.250. The van der Waals surface area contributed by atoms with E-state index in [1.165, 1.54) is 25.2 Å². The van der Waals surface area contributed by atoms with Crippen LogP contribution in [0, 0.1) is 0 Å². The predicted molar refractivity (Wildman–Crippen MR) is 147 cm³/mol. The van der Waals surface area contributed by atoms with E-state index in [4.69, 9.17) is 21.5 Å². The fourth-order valence-electron chi connectivity index (χ4n) is 5.71. The van der Waals surface area contributed by atoms with Gasteiger partial charge in [0.25, 0.3) is 24.2 Å². The topological polar surface area (TPSA) is 143 Å². The Bertz CT molecular complexity index is 1580. The van der Waals surface area contributed by atoms with Gasteiger partial charge < -0.3 is 25.6 Å². The van der Waals surface area contributed by atoms with Gasteiger partial charge in [-0.3, -0.25) is 19.1 Å². The van der Waals surface area contributed by atoms with E-state index in [2.05, 4.69) is 26.0 Å². The van der Waals surface area contributed by atoms with Crippen LogP contribution in [0.2, 0.25) is 5.02 Å². The number of aromatic nitrogens is 4. The number of piperidine rings is 1. The number of hydrogen-bond acceptors (Lipinski definition) is 6. The molecular weight excluding hydrogens is 617 g/mol. The van der Waals surface area contributed by atoms with Crippen molar-refractivity contribution in [1.29, 1.82) is 0 Å². The van der Waals surface area contributed by atoms with Crippen molar-refractivity contribution in [3.63, 3.8) is 0 Å². The van der Waals surface area contributed by atoms with E-state index in [0.29, 0.717) is 16.8 Å². The van der Waals surface area contributed by atoms with Gasteiger partial charge in [-0.1, -0.05) is 11.6 Å². The first-order valence-corrected chi connectivity index (χ1v) is 13.9. The Morgan fingerprint density at radius 3 is 2.39 bits per heavy atom. The summed E-state index contributed by atoms with van der Waals surface area (Å²) in [5, 5.41) is 19.5. The number of nitrogens with zero attached hydrogens (tertiary/aromatic N) is 4. The number of amides is 2. The molecule has 0 spiro atoms. The summed E-state index contributed by atoms with van der Waals surface area (Å²) in [6, 6.07) is 3.74. The first-order chi connectivity index (χ1) is 20.7. The number of benzene rings is 1. The largest absolute Gasteiger partial charge is 0.483 e. The van der Waals surface area contributed by atoms with Crippen molar-refractivity contribution in [3.8, 4) is 11.3 Å². The quantitative estimate of drug-likeness (QED) is 0.229. The summed E-state index contributed by atoms with van der Waals surface area (Å²) in [5.41, 5.74) is -1.48. The number of carbonyl (C=O) groups excluding carboxylic acids is 2. The Morgan fingerprint density at radius 2 is 1.82 bits per heavy atom. The Balaban J connectivity index is 0.00000123. The molecule has 44 heavy (non-hydrogen) atoms. The van der Waals surface area contributed by atoms with E-state index in [-0.39, 0.29) is 46.2 Å². The van der Waals surface area contributed by atoms with Crippen LogP contribution in [0.5, 0.6) is 0 Å². The van der Waals surface area contributed by atoms with Crippen molar-refractivity contribution in [2.24, 2.45) is 7.05 Å². The van der Waals surface area contributed by atoms with Crippen molar-refractivity contribution in [3.05, 3.63) is 52.7 Å². The zero-order valence-electron chi connectivity index (χ0n) is 23.0. The van der Waals surface area contributed by atoms with E-state index in [1.54, 1.807) is 0 Å². The molecule has 17 heteroatoms. The minimum atomic E-state index is -4.92. The molecule has 3 aromatic rings. The normalized spacial score (nSPS) is 23.3. The summed E-state index contributed by atoms with van der Waals surface area (Å²) in [7, 11) is 1.33. The highest BCUT2D eigenvalue weighted by atomic mass is 35.5. The van der Waals surface area contributed by atoms with E-state index in [1.807, 2.05) is 0 Å². The molecule has 1 aliphatic carbocycles. The van der Waals surface area contributed by atoms with Crippen LogP contribution in [0.15, 0.2) is 30.6 Å². The molecule has 3 aliphatic rings. The van der Waals surface area contributed by atoms with Gasteiger partial charge in [0, 0.05) is 43.5 Å². The highest BCUT2D eigenvalue weighted by molar-refractivity contribution is 6.34. The predicted octanol–water partition coefficient (Wildman–Crippen LogP) is 4.50. The molecule has 6 rings (SSSR count). The summed E-state index contributed by atoms with van der Waals surface area (Å²) < 4.78 is 69.8. The molecule has 1 unspecified atom stereocenters. The van der Waals surface area contributed by atoms with Gasteiger partial charge in [0.1, 0.15) is 6.04 Å². The fraction of sp³-hybridized carbons (Fsp3) is 0.444. The molecular formula is C27H27ClF5N7O4. The van der Waals surface area contributed by atoms with Gasteiger partial charge in [-0.05, 0) is 43.9 Å². The molecule has 2 amide bonds. The molecule has 11 nitrogen and oxygen atoms in total. The summed E-state index contributed by atoms with van der Waals surface area (Å²) >= 11 is 6.36. The molecule has 2 aromatic heterocycles. The average molecular weight is 644 g/mol. The number of nitrogens with one attached hydrogen (secondary N) is 3. The minimum absolute atomic E-state index is 0.0417. The molecule has 2 aliphatic heterocycles. The first kappa shape index (κ1) is 31.4. The third-order valence-electron chi connectivity index (χ3n) is 7.86. The van der Waals surface area contributed by atoms with Gasteiger partial charge in [-0.2, -0.15) is 18.3 Å². The summed E-state index contributed by atoms with van der Waals surface area (Å²) in [4.78, 5) is 38.1. The molecule has 4 atom stereocenters. The van der Waals surface area contributed by atoms with E-state index < -0.39 is 41.7 Å². The van der Waals surface area contributed by atoms with Crippen LogP contribution in [0.3, 0.4) is 0 Å². The number of anilines is 1. The summed E-state index contributed by atoms with van der Waals surface area (Å²) in [5.74, 6) is -4.45. The molecule has 1 saturated carbocycles. The Hall–Kier alpha value is -4.05. The minimum Gasteiger partial charge on any atom is -0.483 e. The van der Waals surface area contributed by atoms with Crippen molar-refractivity contribution in [1.82, 2.24) is 30.0 Å². The molecule has 236 valence electrons. The number of hydrogen-bond donors (Lipinski definition) is 4. The lowest BCUT2D eigenvalue weighted by Gasteiger charge is -2.29. The SMILES string of the molecule is Cn1c(-c2cn(C3CC3(F)F)nc2C(F)(F)F)cnc1C(=O)Nc1ccc(C(=O)N[C@@H]2C[C@H]3CC[C@@H](C2)N3)c(Cl)c1.O=CO. The Kier molecular flexibility index (Phi) is 8.41. The van der Waals surface area contributed by atoms with E-state index in [0.717, 1.165) is 42.6 Å². The van der Waals surface area contributed by atoms with Crippen LogP contribution >= 0.6 is 11.6 Å². The van der Waals surface area contributed by atoms with E-state index >= 15 is 0 Å². The highest BCUT2D eigenvalue weighted by Crippen LogP contribution is 2.53. The molecule has 1 aromatic carbocycles. The second kappa shape index (κ2) is 11.8. The van der Waals surface area contributed by atoms with Gasteiger partial charge >= 0.3 is 6.18 Å². The number of fused-ring (bicyclic) bond motifs is 2. The van der Waals surface area contributed by atoms with Crippen molar-refractivity contribution < 1.29 is 41.4 Å². The van der Waals surface area contributed by atoms with Crippen molar-refractivity contribution >= 4 is 35.6 Å². The van der Waals surface area contributed by atoms with Gasteiger partial charge in [0.05, 0.1) is 28.0 Å². The number of carbonyl (C=O) groups is 3. The maximum Gasteiger partial charge on any atom is 0.435 e. The standard InChI is InChI=1S/C26H25ClF5N7O2.CH2O2/c1-38-19(17-11-39(20-9-25(20,28)29)37-21(17)26(30,31)32)10-33-22(38)24(41)35-14-4-5-16(18(27)8-14)23(40)36-15-6-12-2-3-13(7-15)34-12;2-1-3/h4-5,8,10-13,15,20,34H,2-3,6-7,9H2,1H3,(H,35,41)(H,36,40);1H,(H,2,3)/t12-,13+,15-,20?;. The van der Waals surface area contributed by atoms with Crippen LogP contribution in [-0.4, -0.2) is 66.8 Å². The monoisotopic (exact) mass is 643 g/mol. The zero-order valence-corrected chi connectivity index (χ0v) is 23.8. The summed E-state index contributed by atoms with van der Waals surface area (Å²) in [6.07, 6.45) is 0.291. The van der Waals surface area contributed by atoms with Gasteiger partial charge in [-0.15, -0.1) is 0 Å². The lowest BCUT2D eigenvalue weighted by Crippen LogP contribution is -2.48. The van der Waals surface area contributed by atoms with E-state index in [9.17, 15) is 31.5 Å². The zero-order chi connectivity index (χ0) is 32.0. The molecule has 2 bridgehead atoms. The van der Waals surface area contributed by atoms with Crippen LogP contribution in [-0.2, 0) is 18.0 Å². The first-order valence-electron chi connectivity index (χ1n) is 13.5. The maximum atomic E-state index is 13.7. The highest BCUT2D eigenvalue weighted by Gasteiger charge is 2.59. The van der Waals surface area contributed by atoms with Gasteiger partial charge in [0.2, 0.25) is 0 Å². The average Bonchev–Trinajstić information content (AvgIpc) is 3.28. The van der Waals surface area contributed by atoms with Crippen molar-refractivity contribution in [2.75, 3.05) is 5.32 Å². The van der Waals surface area contributed by atoms with Crippen LogP contribution < -0.4 is 16.0 Å². The molecule has 4 N–H and O–H groups in total. The number of imidazole rings is 1. The lowest BCUT2D eigenvalue weighted by molar-refractivity contribution is -0.141. The van der Waals surface area contributed by atoms with Crippen LogP contribution in [0.25, 0.3) is 11.3 Å². The third-order valence-corrected chi connectivity index (χ3v) is 8.17. The number of rotatable bonds is 6. The number of carboxylic acid groups (broad SMARTS) is 1. The molecule has 0 radical (unpaired) electrons. The van der Waals surface area contributed by atoms with Crippen LogP contribution in [0.4, 0.5) is 27.6 Å². The number of alkyl halides is 5. The fourth-order valence-corrected chi connectivity index (χ4v) is 5.97. The number of halogens is 6. The van der Waals surface area contributed by atoms with Crippen LogP contribution in [0.1, 0.15) is 64.8 Å². The smallest absolute Gasteiger partial charge is 0.435 e. The molecule has 3 fully saturated rings. The second-order valence-corrected chi connectivity index (χ2v) is 11.3. The molecule has 4 heterocycles.